The molecule has 146 valence electrons. The normalized spacial score (nSPS) is 16.2. The third-order valence-corrected chi connectivity index (χ3v) is 4.45. The van der Waals surface area contributed by atoms with E-state index >= 15 is 0 Å². The molecule has 1 aliphatic rings. The molecule has 0 bridgehead atoms. The Balaban J connectivity index is 1.28. The number of nitrogens with one attached hydrogen (secondary N) is 1. The number of urea groups is 1. The summed E-state index contributed by atoms with van der Waals surface area (Å²) in [5.41, 5.74) is 1.60. The van der Waals surface area contributed by atoms with Crippen molar-refractivity contribution < 1.29 is 18.6 Å². The van der Waals surface area contributed by atoms with E-state index in [9.17, 15) is 4.79 Å². The first-order valence-corrected chi connectivity index (χ1v) is 9.13. The number of hydrogen-bond acceptors (Lipinski definition) is 7. The number of carbonyl (C=O) groups is 1. The predicted molar refractivity (Wildman–Crippen MR) is 97.9 cm³/mol. The van der Waals surface area contributed by atoms with E-state index in [1.807, 2.05) is 36.4 Å². The summed E-state index contributed by atoms with van der Waals surface area (Å²) >= 11 is 0. The van der Waals surface area contributed by atoms with Gasteiger partial charge in [-0.25, -0.2) is 4.79 Å². The van der Waals surface area contributed by atoms with Gasteiger partial charge in [0.25, 0.3) is 5.89 Å². The highest BCUT2D eigenvalue weighted by Crippen LogP contribution is 2.26. The maximum atomic E-state index is 12.3. The van der Waals surface area contributed by atoms with Crippen molar-refractivity contribution in [3.05, 3.63) is 53.8 Å². The van der Waals surface area contributed by atoms with Gasteiger partial charge in [0.2, 0.25) is 0 Å². The highest BCUT2D eigenvalue weighted by Gasteiger charge is 2.24. The minimum absolute atomic E-state index is 0.134. The van der Waals surface area contributed by atoms with Crippen LogP contribution in [0.15, 0.2) is 45.4 Å². The smallest absolute Gasteiger partial charge is 0.317 e. The van der Waals surface area contributed by atoms with Gasteiger partial charge in [-0.1, -0.05) is 40.6 Å². The van der Waals surface area contributed by atoms with Gasteiger partial charge in [-0.3, -0.25) is 0 Å². The molecule has 0 saturated carbocycles. The van der Waals surface area contributed by atoms with Crippen molar-refractivity contribution in [2.24, 2.45) is 0 Å². The molecule has 1 fully saturated rings. The summed E-state index contributed by atoms with van der Waals surface area (Å²) in [7, 11) is 1.68. The largest absolute Gasteiger partial charge is 0.368 e. The molecule has 9 heteroatoms. The molecular weight excluding hydrogens is 362 g/mol. The molecule has 4 rings (SSSR count). The summed E-state index contributed by atoms with van der Waals surface area (Å²) in [5, 5.41) is 10.7. The molecule has 0 spiro atoms. The SMILES string of the molecule is CN(Cc1cc(-c2ccccc2)on1)C(=O)NCc1noc([C@@H]2CCCO2)n1. The van der Waals surface area contributed by atoms with E-state index in [4.69, 9.17) is 13.8 Å². The van der Waals surface area contributed by atoms with Gasteiger partial charge < -0.3 is 24.0 Å². The molecular formula is C19H21N5O4. The molecule has 1 saturated heterocycles. The van der Waals surface area contributed by atoms with Gasteiger partial charge in [0.05, 0.1) is 13.1 Å². The van der Waals surface area contributed by atoms with E-state index in [-0.39, 0.29) is 18.7 Å². The molecule has 9 nitrogen and oxygen atoms in total. The van der Waals surface area contributed by atoms with Gasteiger partial charge in [0, 0.05) is 25.3 Å². The van der Waals surface area contributed by atoms with Gasteiger partial charge in [-0.05, 0) is 12.8 Å². The minimum Gasteiger partial charge on any atom is -0.368 e. The molecule has 0 unspecified atom stereocenters. The van der Waals surface area contributed by atoms with Crippen LogP contribution in [0.4, 0.5) is 4.79 Å². The number of benzene rings is 1. The first-order chi connectivity index (χ1) is 13.7. The van der Waals surface area contributed by atoms with Crippen molar-refractivity contribution >= 4 is 6.03 Å². The summed E-state index contributed by atoms with van der Waals surface area (Å²) in [6.07, 6.45) is 1.72. The van der Waals surface area contributed by atoms with Gasteiger partial charge in [0.15, 0.2) is 11.6 Å². The Hall–Kier alpha value is -3.20. The van der Waals surface area contributed by atoms with Crippen molar-refractivity contribution in [3.63, 3.8) is 0 Å². The number of amides is 2. The zero-order valence-electron chi connectivity index (χ0n) is 15.5. The number of hydrogen-bond donors (Lipinski definition) is 1. The number of aromatic nitrogens is 3. The fourth-order valence-electron chi connectivity index (χ4n) is 2.97. The first kappa shape index (κ1) is 18.2. The number of nitrogens with zero attached hydrogens (tertiary/aromatic N) is 4. The molecule has 2 amide bonds. The highest BCUT2D eigenvalue weighted by atomic mass is 16.5. The molecule has 1 aliphatic heterocycles. The van der Waals surface area contributed by atoms with Crippen LogP contribution in [0.25, 0.3) is 11.3 Å². The van der Waals surface area contributed by atoms with Crippen molar-refractivity contribution in [2.45, 2.75) is 32.0 Å². The highest BCUT2D eigenvalue weighted by molar-refractivity contribution is 5.73. The van der Waals surface area contributed by atoms with Crippen molar-refractivity contribution in [3.8, 4) is 11.3 Å². The lowest BCUT2D eigenvalue weighted by atomic mass is 10.1. The molecule has 1 atom stereocenters. The number of rotatable bonds is 6. The molecule has 1 aromatic carbocycles. The van der Waals surface area contributed by atoms with Crippen LogP contribution in [0.1, 0.15) is 36.4 Å². The Morgan fingerprint density at radius 3 is 2.89 bits per heavy atom. The van der Waals surface area contributed by atoms with Crippen LogP contribution in [-0.2, 0) is 17.8 Å². The minimum atomic E-state index is -0.271. The Labute approximate surface area is 161 Å². The van der Waals surface area contributed by atoms with E-state index in [1.165, 1.54) is 4.90 Å². The van der Waals surface area contributed by atoms with Crippen LogP contribution in [0.2, 0.25) is 0 Å². The molecule has 0 aliphatic carbocycles. The van der Waals surface area contributed by atoms with Crippen molar-refractivity contribution in [1.29, 1.82) is 0 Å². The third kappa shape index (κ3) is 4.20. The Morgan fingerprint density at radius 1 is 1.25 bits per heavy atom. The van der Waals surface area contributed by atoms with E-state index in [0.29, 0.717) is 36.3 Å². The summed E-state index contributed by atoms with van der Waals surface area (Å²) in [6.45, 7) is 1.20. The van der Waals surface area contributed by atoms with Crippen LogP contribution in [0.3, 0.4) is 0 Å². The maximum absolute atomic E-state index is 12.3. The summed E-state index contributed by atoms with van der Waals surface area (Å²) in [4.78, 5) is 18.1. The zero-order valence-corrected chi connectivity index (χ0v) is 15.5. The number of ether oxygens (including phenoxy) is 1. The predicted octanol–water partition coefficient (Wildman–Crippen LogP) is 2.92. The molecule has 0 radical (unpaired) electrons. The second-order valence-corrected chi connectivity index (χ2v) is 6.61. The first-order valence-electron chi connectivity index (χ1n) is 9.13. The molecule has 3 aromatic rings. The summed E-state index contributed by atoms with van der Waals surface area (Å²) < 4.78 is 16.1. The molecule has 28 heavy (non-hydrogen) atoms. The van der Waals surface area contributed by atoms with Crippen molar-refractivity contribution in [2.75, 3.05) is 13.7 Å². The van der Waals surface area contributed by atoms with Crippen LogP contribution in [0.5, 0.6) is 0 Å². The molecule has 2 aromatic heterocycles. The topological polar surface area (TPSA) is 107 Å². The van der Waals surface area contributed by atoms with E-state index in [2.05, 4.69) is 20.6 Å². The van der Waals surface area contributed by atoms with Gasteiger partial charge in [-0.2, -0.15) is 4.98 Å². The maximum Gasteiger partial charge on any atom is 0.317 e. The quantitative estimate of drug-likeness (QED) is 0.697. The summed E-state index contributed by atoms with van der Waals surface area (Å²) in [5.74, 6) is 1.55. The summed E-state index contributed by atoms with van der Waals surface area (Å²) in [6, 6.07) is 11.2. The monoisotopic (exact) mass is 383 g/mol. The second-order valence-electron chi connectivity index (χ2n) is 6.61. The lowest BCUT2D eigenvalue weighted by Gasteiger charge is -2.15. The van der Waals surface area contributed by atoms with Crippen LogP contribution >= 0.6 is 0 Å². The lowest BCUT2D eigenvalue weighted by molar-refractivity contribution is 0.0835. The van der Waals surface area contributed by atoms with Gasteiger partial charge in [-0.15, -0.1) is 0 Å². The molecule has 1 N–H and O–H groups in total. The Bertz CT molecular complexity index is 917. The number of carbonyl (C=O) groups excluding carboxylic acids is 1. The zero-order chi connectivity index (χ0) is 19.3. The molecule has 3 heterocycles. The van der Waals surface area contributed by atoms with Crippen LogP contribution in [-0.4, -0.2) is 39.9 Å². The van der Waals surface area contributed by atoms with Crippen LogP contribution < -0.4 is 5.32 Å². The van der Waals surface area contributed by atoms with Gasteiger partial charge >= 0.3 is 6.03 Å². The fraction of sp³-hybridized carbons (Fsp3) is 0.368. The lowest BCUT2D eigenvalue weighted by Crippen LogP contribution is -2.36. The standard InChI is InChI=1S/C19H21N5O4/c1-24(12-14-10-16(27-22-14)13-6-3-2-4-7-13)19(25)20-11-17-21-18(28-23-17)15-8-5-9-26-15/h2-4,6-7,10,15H,5,8-9,11-12H2,1H3,(H,20,25)/t15-/m0/s1. The van der Waals surface area contributed by atoms with E-state index in [0.717, 1.165) is 18.4 Å². The van der Waals surface area contributed by atoms with Crippen molar-refractivity contribution in [1.82, 2.24) is 25.5 Å². The third-order valence-electron chi connectivity index (χ3n) is 4.45. The van der Waals surface area contributed by atoms with E-state index < -0.39 is 0 Å². The van der Waals surface area contributed by atoms with Crippen LogP contribution in [0, 0.1) is 0 Å². The van der Waals surface area contributed by atoms with Gasteiger partial charge in [0.1, 0.15) is 11.8 Å². The van der Waals surface area contributed by atoms with E-state index in [1.54, 1.807) is 7.05 Å². The Kier molecular flexibility index (Phi) is 5.34. The second kappa shape index (κ2) is 8.22. The fourth-order valence-corrected chi connectivity index (χ4v) is 2.97. The average Bonchev–Trinajstić information content (AvgIpc) is 3.47. The Morgan fingerprint density at radius 2 is 2.11 bits per heavy atom. The average molecular weight is 383 g/mol.